The molecule has 0 radical (unpaired) electrons. The van der Waals surface area contributed by atoms with Gasteiger partial charge >= 0.3 is 6.03 Å². The summed E-state index contributed by atoms with van der Waals surface area (Å²) in [5, 5.41) is 9.74. The molecule has 2 aliphatic carbocycles. The molecule has 8 rings (SSSR count). The van der Waals surface area contributed by atoms with Gasteiger partial charge in [0.2, 0.25) is 21.8 Å². The normalized spacial score (nSPS) is 28.4. The van der Waals surface area contributed by atoms with E-state index in [1.807, 2.05) is 73.7 Å². The van der Waals surface area contributed by atoms with Gasteiger partial charge in [0.25, 0.3) is 5.91 Å². The highest BCUT2D eigenvalue weighted by Gasteiger charge is 2.64. The van der Waals surface area contributed by atoms with Gasteiger partial charge in [0, 0.05) is 29.8 Å². The van der Waals surface area contributed by atoms with Crippen LogP contribution in [-0.4, -0.2) is 76.6 Å². The van der Waals surface area contributed by atoms with Crippen LogP contribution in [0.2, 0.25) is 0 Å². The van der Waals surface area contributed by atoms with E-state index in [0.717, 1.165) is 34.9 Å². The first-order valence-electron chi connectivity index (χ1n) is 19.8. The lowest BCUT2D eigenvalue weighted by molar-refractivity contribution is -0.141. The molecule has 0 bridgehead atoms. The van der Waals surface area contributed by atoms with E-state index in [-0.39, 0.29) is 25.9 Å². The molecule has 4 heterocycles. The van der Waals surface area contributed by atoms with Crippen LogP contribution in [0, 0.1) is 12.8 Å². The third-order valence-electron chi connectivity index (χ3n) is 12.5. The summed E-state index contributed by atoms with van der Waals surface area (Å²) in [4.78, 5) is 63.1. The van der Waals surface area contributed by atoms with Crippen LogP contribution < -0.4 is 25.4 Å². The number of benzene rings is 2. The summed E-state index contributed by atoms with van der Waals surface area (Å²) in [6, 6.07) is 14.9. The first-order valence-corrected chi connectivity index (χ1v) is 21.3. The zero-order valence-corrected chi connectivity index (χ0v) is 32.8. The molecule has 1 spiro atoms. The highest BCUT2D eigenvalue weighted by molar-refractivity contribution is 7.91. The van der Waals surface area contributed by atoms with Crippen molar-refractivity contribution in [3.63, 3.8) is 0 Å². The van der Waals surface area contributed by atoms with Gasteiger partial charge in [0.1, 0.15) is 29.0 Å². The van der Waals surface area contributed by atoms with Gasteiger partial charge in [-0.25, -0.2) is 18.2 Å². The minimum Gasteiger partial charge on any atom is -0.483 e. The Balaban J connectivity index is 1.11. The minimum absolute atomic E-state index is 0.0781. The maximum atomic E-state index is 14.8. The van der Waals surface area contributed by atoms with Crippen LogP contribution in [0.3, 0.4) is 0 Å². The highest BCUT2D eigenvalue weighted by atomic mass is 32.2. The quantitative estimate of drug-likeness (QED) is 0.265. The van der Waals surface area contributed by atoms with Gasteiger partial charge in [0.05, 0.1) is 22.5 Å². The number of pyridine rings is 1. The summed E-state index contributed by atoms with van der Waals surface area (Å²) < 4.78 is 34.6. The van der Waals surface area contributed by atoms with Crippen molar-refractivity contribution in [3.05, 3.63) is 83.6 Å². The van der Waals surface area contributed by atoms with Crippen LogP contribution in [0.1, 0.15) is 88.0 Å². The number of ether oxygens (including phenoxy) is 1. The summed E-state index contributed by atoms with van der Waals surface area (Å²) >= 11 is 0. The van der Waals surface area contributed by atoms with Gasteiger partial charge in [-0.3, -0.25) is 19.1 Å². The zero-order chi connectivity index (χ0) is 39.3. The number of fused-ring (bicyclic) bond motifs is 5. The maximum Gasteiger partial charge on any atom is 0.315 e. The van der Waals surface area contributed by atoms with E-state index >= 15 is 0 Å². The molecule has 4 N–H and O–H groups in total. The van der Waals surface area contributed by atoms with Crippen LogP contribution in [0.5, 0.6) is 5.75 Å². The number of carbonyl (C=O) groups excluding carboxylic acids is 4. The molecule has 0 unspecified atom stereocenters. The number of urea groups is 1. The smallest absolute Gasteiger partial charge is 0.315 e. The number of rotatable bonds is 6. The Hall–Kier alpha value is -4.98. The average molecular weight is 783 g/mol. The molecule has 14 heteroatoms. The van der Waals surface area contributed by atoms with Crippen LogP contribution in [0.25, 0.3) is 10.9 Å². The number of para-hydroxylation sites is 1. The van der Waals surface area contributed by atoms with Crippen molar-refractivity contribution < 1.29 is 32.3 Å². The lowest BCUT2D eigenvalue weighted by Gasteiger charge is -2.36. The first-order chi connectivity index (χ1) is 26.8. The predicted octanol–water partition coefficient (Wildman–Crippen LogP) is 4.47. The number of carbonyl (C=O) groups is 4. The van der Waals surface area contributed by atoms with E-state index in [2.05, 4.69) is 20.7 Å². The second-order valence-corrected chi connectivity index (χ2v) is 18.8. The number of nitrogens with zero attached hydrogens (tertiary/aromatic N) is 2. The Labute approximate surface area is 327 Å². The van der Waals surface area contributed by atoms with Crippen molar-refractivity contribution in [1.29, 1.82) is 0 Å². The molecule has 3 aliphatic heterocycles. The molecule has 2 saturated carbocycles. The molecule has 5 amide bonds. The van der Waals surface area contributed by atoms with E-state index in [0.29, 0.717) is 56.4 Å². The van der Waals surface area contributed by atoms with E-state index in [1.54, 1.807) is 6.92 Å². The molecular formula is C42H50N6O7S. The largest absolute Gasteiger partial charge is 0.483 e. The summed E-state index contributed by atoms with van der Waals surface area (Å²) in [7, 11) is -3.98. The molecule has 13 nitrogen and oxygen atoms in total. The number of nitrogens with one attached hydrogen (secondary N) is 4. The zero-order valence-electron chi connectivity index (χ0n) is 31.9. The number of aryl methyl sites for hydroxylation is 2. The standard InChI is InChI=1S/C42H50N6O7S/c1-27-35-31(30-16-11-12-17-32(30)44-27)19-20-41(55-35)24-34-36(49)46-42(38(51)47-56(53,54)40(2)21-22-40)23-29(42)15-9-4-3-5-10-18-33(37(50)48(34)26-41)45-39(52)43-25-28-13-7-6-8-14-28/h6-9,11-17,29,33-34H,3-5,10,18-26H2,1-2H3,(H,46,49)(H,47,51)(H2,43,45,52)/t29-,33+,34+,41-,42-/m1/s1. The summed E-state index contributed by atoms with van der Waals surface area (Å²) in [5.74, 6) is -1.53. The summed E-state index contributed by atoms with van der Waals surface area (Å²) in [5.41, 5.74) is 1.07. The van der Waals surface area contributed by atoms with Gasteiger partial charge < -0.3 is 25.6 Å². The molecular weight excluding hydrogens is 733 g/mol. The molecule has 5 atom stereocenters. The molecule has 1 saturated heterocycles. The second-order valence-electron chi connectivity index (χ2n) is 16.6. The van der Waals surface area contributed by atoms with Gasteiger partial charge in [-0.05, 0) is 76.8 Å². The molecule has 296 valence electrons. The van der Waals surface area contributed by atoms with Crippen molar-refractivity contribution in [2.24, 2.45) is 5.92 Å². The lowest BCUT2D eigenvalue weighted by atomic mass is 9.87. The molecule has 3 aromatic rings. The number of amides is 5. The van der Waals surface area contributed by atoms with E-state index in [1.165, 1.54) is 4.90 Å². The Morgan fingerprint density at radius 2 is 1.77 bits per heavy atom. The Morgan fingerprint density at radius 1 is 1.00 bits per heavy atom. The Morgan fingerprint density at radius 3 is 2.55 bits per heavy atom. The Kier molecular flexibility index (Phi) is 9.82. The van der Waals surface area contributed by atoms with Crippen LogP contribution in [0.4, 0.5) is 4.79 Å². The van der Waals surface area contributed by atoms with Crippen LogP contribution in [-0.2, 0) is 37.4 Å². The van der Waals surface area contributed by atoms with Gasteiger partial charge in [0.15, 0.2) is 0 Å². The van der Waals surface area contributed by atoms with Gasteiger partial charge in [-0.15, -0.1) is 0 Å². The topological polar surface area (TPSA) is 176 Å². The molecule has 1 aromatic heterocycles. The fourth-order valence-electron chi connectivity index (χ4n) is 8.63. The third kappa shape index (κ3) is 7.23. The first kappa shape index (κ1) is 37.9. The third-order valence-corrected chi connectivity index (χ3v) is 14.6. The second kappa shape index (κ2) is 14.5. The number of hydrogen-bond acceptors (Lipinski definition) is 8. The molecule has 2 aromatic carbocycles. The summed E-state index contributed by atoms with van der Waals surface area (Å²) in [6.45, 7) is 3.85. The van der Waals surface area contributed by atoms with E-state index in [9.17, 15) is 27.6 Å². The summed E-state index contributed by atoms with van der Waals surface area (Å²) in [6.07, 6.45) is 9.63. The van der Waals surface area contributed by atoms with Crippen LogP contribution in [0.15, 0.2) is 66.7 Å². The average Bonchev–Trinajstić information content (AvgIpc) is 4.08. The fourth-order valence-corrected chi connectivity index (χ4v) is 9.94. The maximum absolute atomic E-state index is 14.8. The lowest BCUT2D eigenvalue weighted by Crippen LogP contribution is -2.59. The van der Waals surface area contributed by atoms with Crippen LogP contribution >= 0.6 is 0 Å². The molecule has 5 aliphatic rings. The van der Waals surface area contributed by atoms with Crippen molar-refractivity contribution >= 4 is 44.7 Å². The Bertz CT molecular complexity index is 2210. The van der Waals surface area contributed by atoms with Gasteiger partial charge in [-0.2, -0.15) is 0 Å². The number of aromatic nitrogens is 1. The SMILES string of the molecule is Cc1nc2ccccc2c2c1O[C@]1(CC2)C[C@H]2C(=O)N[C@]3(C(=O)NS(=O)(=O)C4(C)CC4)C[C@H]3C=CCCCCC[C@H](NC(=O)NCc3ccccc3)C(=O)N2C1. The molecule has 3 fully saturated rings. The number of allylic oxidation sites excluding steroid dienone is 1. The highest BCUT2D eigenvalue weighted by Crippen LogP contribution is 2.49. The fraction of sp³-hybridized carbons (Fsp3) is 0.500. The number of hydrogen-bond donors (Lipinski definition) is 4. The monoisotopic (exact) mass is 782 g/mol. The predicted molar refractivity (Wildman–Crippen MR) is 210 cm³/mol. The van der Waals surface area contributed by atoms with Gasteiger partial charge in [-0.1, -0.05) is 73.5 Å². The van der Waals surface area contributed by atoms with E-state index in [4.69, 9.17) is 9.72 Å². The minimum atomic E-state index is -3.98. The van der Waals surface area contributed by atoms with Crippen molar-refractivity contribution in [1.82, 2.24) is 30.6 Å². The van der Waals surface area contributed by atoms with Crippen molar-refractivity contribution in [2.75, 3.05) is 6.54 Å². The van der Waals surface area contributed by atoms with E-state index < -0.39 is 67.7 Å². The van der Waals surface area contributed by atoms with Crippen molar-refractivity contribution in [3.8, 4) is 5.75 Å². The number of sulfonamides is 1. The van der Waals surface area contributed by atoms with Crippen molar-refractivity contribution in [2.45, 2.75) is 119 Å². The molecule has 56 heavy (non-hydrogen) atoms.